The van der Waals surface area contributed by atoms with Crippen LogP contribution in [0.4, 0.5) is 5.69 Å². The van der Waals surface area contributed by atoms with E-state index < -0.39 is 4.92 Å². The lowest BCUT2D eigenvalue weighted by atomic mass is 10.1. The predicted octanol–water partition coefficient (Wildman–Crippen LogP) is 2.20. The van der Waals surface area contributed by atoms with E-state index in [-0.39, 0.29) is 23.9 Å². The highest BCUT2D eigenvalue weighted by Gasteiger charge is 2.08. The summed E-state index contributed by atoms with van der Waals surface area (Å²) in [4.78, 5) is 33.9. The second kappa shape index (κ2) is 8.58. The van der Waals surface area contributed by atoms with Gasteiger partial charge in [-0.1, -0.05) is 24.3 Å². The quantitative estimate of drug-likeness (QED) is 0.595. The van der Waals surface area contributed by atoms with Crippen molar-refractivity contribution < 1.29 is 14.5 Å². The Morgan fingerprint density at radius 2 is 1.76 bits per heavy atom. The van der Waals surface area contributed by atoms with Gasteiger partial charge in [-0.25, -0.2) is 0 Å². The summed E-state index contributed by atoms with van der Waals surface area (Å²) in [5.41, 5.74) is 2.05. The van der Waals surface area contributed by atoms with Crippen LogP contribution in [-0.4, -0.2) is 23.3 Å². The second-order valence-corrected chi connectivity index (χ2v) is 5.44. The summed E-state index contributed by atoms with van der Waals surface area (Å²) in [6.07, 6.45) is 0.133. The molecule has 0 aliphatic carbocycles. The topological polar surface area (TPSA) is 101 Å². The average Bonchev–Trinajstić information content (AvgIpc) is 2.61. The largest absolute Gasteiger partial charge is 0.352 e. The molecule has 0 unspecified atom stereocenters. The van der Waals surface area contributed by atoms with Crippen LogP contribution in [0.3, 0.4) is 0 Å². The molecule has 2 N–H and O–H groups in total. The Balaban J connectivity index is 1.90. The molecule has 0 aliphatic heterocycles. The first kappa shape index (κ1) is 18.1. The zero-order chi connectivity index (χ0) is 18.2. The van der Waals surface area contributed by atoms with Crippen LogP contribution in [0.5, 0.6) is 0 Å². The lowest BCUT2D eigenvalue weighted by molar-refractivity contribution is -0.384. The number of hydrogen-bond acceptors (Lipinski definition) is 4. The smallest absolute Gasteiger partial charge is 0.269 e. The summed E-state index contributed by atoms with van der Waals surface area (Å²) < 4.78 is 0. The summed E-state index contributed by atoms with van der Waals surface area (Å²) in [6.45, 7) is 2.70. The number of nitrogens with zero attached hydrogens (tertiary/aromatic N) is 1. The van der Waals surface area contributed by atoms with Crippen molar-refractivity contribution >= 4 is 17.5 Å². The molecule has 0 heterocycles. The number of rotatable bonds is 7. The van der Waals surface area contributed by atoms with Crippen molar-refractivity contribution in [2.45, 2.75) is 19.9 Å². The van der Waals surface area contributed by atoms with E-state index in [2.05, 4.69) is 10.6 Å². The maximum atomic E-state index is 12.0. The SMILES string of the molecule is CCNC(=O)c1cccc(CNC(=O)Cc2ccc([N+](=O)[O-])cc2)c1. The van der Waals surface area contributed by atoms with Crippen LogP contribution in [0.25, 0.3) is 0 Å². The number of nitro benzene ring substituents is 1. The number of non-ortho nitro benzene ring substituents is 1. The van der Waals surface area contributed by atoms with E-state index in [0.29, 0.717) is 24.2 Å². The molecule has 0 bridgehead atoms. The molecule has 0 saturated carbocycles. The van der Waals surface area contributed by atoms with Gasteiger partial charge in [-0.15, -0.1) is 0 Å². The number of nitrogens with one attached hydrogen (secondary N) is 2. The summed E-state index contributed by atoms with van der Waals surface area (Å²) >= 11 is 0. The number of hydrogen-bond donors (Lipinski definition) is 2. The van der Waals surface area contributed by atoms with Crippen molar-refractivity contribution in [3.63, 3.8) is 0 Å². The van der Waals surface area contributed by atoms with Gasteiger partial charge >= 0.3 is 0 Å². The molecule has 7 nitrogen and oxygen atoms in total. The van der Waals surface area contributed by atoms with Crippen molar-refractivity contribution in [2.24, 2.45) is 0 Å². The van der Waals surface area contributed by atoms with Crippen LogP contribution >= 0.6 is 0 Å². The minimum absolute atomic E-state index is 0.00803. The minimum atomic E-state index is -0.481. The van der Waals surface area contributed by atoms with Crippen LogP contribution in [0, 0.1) is 10.1 Å². The lowest BCUT2D eigenvalue weighted by Gasteiger charge is -2.08. The summed E-state index contributed by atoms with van der Waals surface area (Å²) in [7, 11) is 0. The Morgan fingerprint density at radius 3 is 2.40 bits per heavy atom. The molecular weight excluding hydrogens is 322 g/mol. The molecule has 7 heteroatoms. The Bertz CT molecular complexity index is 772. The molecule has 0 spiro atoms. The van der Waals surface area contributed by atoms with Gasteiger partial charge in [0.1, 0.15) is 0 Å². The van der Waals surface area contributed by atoms with Gasteiger partial charge in [-0.05, 0) is 30.2 Å². The summed E-state index contributed by atoms with van der Waals surface area (Å²) in [5, 5.41) is 16.1. The monoisotopic (exact) mass is 341 g/mol. The third-order valence-corrected chi connectivity index (χ3v) is 3.53. The highest BCUT2D eigenvalue weighted by molar-refractivity contribution is 5.94. The molecule has 2 aromatic rings. The van der Waals surface area contributed by atoms with Gasteiger partial charge in [-0.3, -0.25) is 19.7 Å². The van der Waals surface area contributed by atoms with Gasteiger partial charge in [0.05, 0.1) is 11.3 Å². The van der Waals surface area contributed by atoms with E-state index in [1.165, 1.54) is 12.1 Å². The first-order chi connectivity index (χ1) is 12.0. The standard InChI is InChI=1S/C18H19N3O4/c1-2-19-18(23)15-5-3-4-14(10-15)12-20-17(22)11-13-6-8-16(9-7-13)21(24)25/h3-10H,2,11-12H2,1H3,(H,19,23)(H,20,22). The Labute approximate surface area is 145 Å². The van der Waals surface area contributed by atoms with E-state index in [4.69, 9.17) is 0 Å². The van der Waals surface area contributed by atoms with Gasteiger partial charge in [0.25, 0.3) is 11.6 Å². The first-order valence-corrected chi connectivity index (χ1v) is 7.86. The molecular formula is C18H19N3O4. The van der Waals surface area contributed by atoms with Crippen molar-refractivity contribution in [3.8, 4) is 0 Å². The van der Waals surface area contributed by atoms with E-state index in [0.717, 1.165) is 5.56 Å². The number of amides is 2. The number of benzene rings is 2. The molecule has 2 rings (SSSR count). The highest BCUT2D eigenvalue weighted by atomic mass is 16.6. The fourth-order valence-electron chi connectivity index (χ4n) is 2.27. The Morgan fingerprint density at radius 1 is 1.04 bits per heavy atom. The van der Waals surface area contributed by atoms with Gasteiger partial charge in [0.2, 0.25) is 5.91 Å². The second-order valence-electron chi connectivity index (χ2n) is 5.44. The zero-order valence-electron chi connectivity index (χ0n) is 13.8. The number of carbonyl (C=O) groups is 2. The zero-order valence-corrected chi connectivity index (χ0v) is 13.8. The van der Waals surface area contributed by atoms with Crippen LogP contribution in [0.1, 0.15) is 28.4 Å². The van der Waals surface area contributed by atoms with Crippen molar-refractivity contribution in [1.82, 2.24) is 10.6 Å². The van der Waals surface area contributed by atoms with Gasteiger partial charge in [0, 0.05) is 30.8 Å². The van der Waals surface area contributed by atoms with E-state index in [1.807, 2.05) is 13.0 Å². The van der Waals surface area contributed by atoms with Crippen LogP contribution in [0.2, 0.25) is 0 Å². The molecule has 0 saturated heterocycles. The highest BCUT2D eigenvalue weighted by Crippen LogP contribution is 2.12. The average molecular weight is 341 g/mol. The summed E-state index contributed by atoms with van der Waals surface area (Å²) in [6, 6.07) is 12.9. The molecule has 130 valence electrons. The van der Waals surface area contributed by atoms with Crippen molar-refractivity contribution in [1.29, 1.82) is 0 Å². The van der Waals surface area contributed by atoms with E-state index in [9.17, 15) is 19.7 Å². The minimum Gasteiger partial charge on any atom is -0.352 e. The maximum absolute atomic E-state index is 12.0. The van der Waals surface area contributed by atoms with Gasteiger partial charge in [0.15, 0.2) is 0 Å². The lowest BCUT2D eigenvalue weighted by Crippen LogP contribution is -2.25. The van der Waals surface area contributed by atoms with Gasteiger partial charge in [-0.2, -0.15) is 0 Å². The molecule has 2 amide bonds. The molecule has 0 aromatic heterocycles. The van der Waals surface area contributed by atoms with E-state index >= 15 is 0 Å². The third kappa shape index (κ3) is 5.42. The Kier molecular flexibility index (Phi) is 6.22. The van der Waals surface area contributed by atoms with Crippen molar-refractivity contribution in [3.05, 3.63) is 75.3 Å². The van der Waals surface area contributed by atoms with Crippen molar-refractivity contribution in [2.75, 3.05) is 6.54 Å². The van der Waals surface area contributed by atoms with E-state index in [1.54, 1.807) is 30.3 Å². The van der Waals surface area contributed by atoms with Gasteiger partial charge < -0.3 is 10.6 Å². The summed E-state index contributed by atoms with van der Waals surface area (Å²) in [5.74, 6) is -0.348. The molecule has 2 aromatic carbocycles. The third-order valence-electron chi connectivity index (χ3n) is 3.53. The fourth-order valence-corrected chi connectivity index (χ4v) is 2.27. The molecule has 0 fully saturated rings. The molecule has 0 atom stereocenters. The predicted molar refractivity (Wildman–Crippen MR) is 93.1 cm³/mol. The number of nitro groups is 1. The van der Waals surface area contributed by atoms with Crippen LogP contribution in [-0.2, 0) is 17.8 Å². The first-order valence-electron chi connectivity index (χ1n) is 7.86. The Hall–Kier alpha value is -3.22. The molecule has 0 aliphatic rings. The molecule has 0 radical (unpaired) electrons. The van der Waals surface area contributed by atoms with Crippen LogP contribution < -0.4 is 10.6 Å². The van der Waals surface area contributed by atoms with Crippen LogP contribution in [0.15, 0.2) is 48.5 Å². The maximum Gasteiger partial charge on any atom is 0.269 e. The normalized spacial score (nSPS) is 10.1. The number of carbonyl (C=O) groups excluding carboxylic acids is 2. The molecule has 25 heavy (non-hydrogen) atoms. The fraction of sp³-hybridized carbons (Fsp3) is 0.222.